The van der Waals surface area contributed by atoms with Crippen molar-refractivity contribution in [2.45, 2.75) is 51.8 Å². The molecule has 1 saturated heterocycles. The summed E-state index contributed by atoms with van der Waals surface area (Å²) < 4.78 is 5.44. The van der Waals surface area contributed by atoms with E-state index in [0.717, 1.165) is 19.6 Å². The molecule has 1 aliphatic rings. The van der Waals surface area contributed by atoms with Crippen molar-refractivity contribution in [2.75, 3.05) is 33.4 Å². The number of piperidine rings is 1. The van der Waals surface area contributed by atoms with Gasteiger partial charge >= 0.3 is 0 Å². The maximum atomic E-state index is 9.81. The molecule has 0 aromatic rings. The Morgan fingerprint density at radius 1 is 1.39 bits per heavy atom. The highest BCUT2D eigenvalue weighted by molar-refractivity contribution is 4.81. The molecule has 1 rings (SSSR count). The summed E-state index contributed by atoms with van der Waals surface area (Å²) in [7, 11) is 2.18. The second kappa shape index (κ2) is 8.10. The number of likely N-dealkylation sites (tertiary alicyclic amines) is 1. The lowest BCUT2D eigenvalue weighted by Crippen LogP contribution is -2.47. The smallest absolute Gasteiger partial charge is 0.0897 e. The average Bonchev–Trinajstić information content (AvgIpc) is 2.30. The second-order valence-electron chi connectivity index (χ2n) is 6.04. The Balaban J connectivity index is 2.09. The van der Waals surface area contributed by atoms with Crippen molar-refractivity contribution in [3.05, 3.63) is 0 Å². The van der Waals surface area contributed by atoms with Crippen LogP contribution in [0.5, 0.6) is 0 Å². The van der Waals surface area contributed by atoms with Crippen molar-refractivity contribution >= 4 is 0 Å². The summed E-state index contributed by atoms with van der Waals surface area (Å²) in [6.07, 6.45) is 1.94. The van der Waals surface area contributed by atoms with E-state index in [2.05, 4.69) is 38.0 Å². The van der Waals surface area contributed by atoms with Crippen LogP contribution in [0.2, 0.25) is 0 Å². The Bertz CT molecular complexity index is 224. The fourth-order valence-electron chi connectivity index (χ4n) is 2.28. The fourth-order valence-corrected chi connectivity index (χ4v) is 2.28. The Morgan fingerprint density at radius 3 is 2.72 bits per heavy atom. The van der Waals surface area contributed by atoms with Crippen LogP contribution in [0.4, 0.5) is 0 Å². The van der Waals surface area contributed by atoms with E-state index in [0.29, 0.717) is 31.2 Å². The zero-order valence-electron chi connectivity index (χ0n) is 12.4. The molecule has 108 valence electrons. The number of nitrogens with zero attached hydrogens (tertiary/aromatic N) is 1. The SMILES string of the molecule is CC(C)COCC(O)CNC1CCN(C)C(C)C1. The minimum Gasteiger partial charge on any atom is -0.389 e. The van der Waals surface area contributed by atoms with Crippen LogP contribution >= 0.6 is 0 Å². The summed E-state index contributed by atoms with van der Waals surface area (Å²) in [6.45, 7) is 9.43. The van der Waals surface area contributed by atoms with Crippen molar-refractivity contribution in [3.8, 4) is 0 Å². The molecular weight excluding hydrogens is 228 g/mol. The molecule has 0 amide bonds. The molecule has 4 nitrogen and oxygen atoms in total. The number of hydrogen-bond acceptors (Lipinski definition) is 4. The largest absolute Gasteiger partial charge is 0.389 e. The summed E-state index contributed by atoms with van der Waals surface area (Å²) in [5.74, 6) is 0.528. The average molecular weight is 258 g/mol. The molecule has 1 heterocycles. The third-order valence-electron chi connectivity index (χ3n) is 3.61. The van der Waals surface area contributed by atoms with Gasteiger partial charge in [0.15, 0.2) is 0 Å². The molecule has 0 aromatic carbocycles. The van der Waals surface area contributed by atoms with Gasteiger partial charge in [-0.2, -0.15) is 0 Å². The van der Waals surface area contributed by atoms with Crippen LogP contribution in [0.15, 0.2) is 0 Å². The maximum absolute atomic E-state index is 9.81. The summed E-state index contributed by atoms with van der Waals surface area (Å²) >= 11 is 0. The quantitative estimate of drug-likeness (QED) is 0.717. The van der Waals surface area contributed by atoms with Crippen LogP contribution in [0.25, 0.3) is 0 Å². The zero-order valence-corrected chi connectivity index (χ0v) is 12.4. The lowest BCUT2D eigenvalue weighted by atomic mass is 9.99. The molecule has 1 aliphatic heterocycles. The van der Waals surface area contributed by atoms with Gasteiger partial charge in [0.05, 0.1) is 12.7 Å². The minimum absolute atomic E-state index is 0.390. The first-order valence-electron chi connectivity index (χ1n) is 7.18. The predicted molar refractivity (Wildman–Crippen MR) is 74.8 cm³/mol. The molecule has 0 bridgehead atoms. The van der Waals surface area contributed by atoms with Crippen molar-refractivity contribution in [1.29, 1.82) is 0 Å². The van der Waals surface area contributed by atoms with Crippen molar-refractivity contribution in [2.24, 2.45) is 5.92 Å². The molecule has 0 saturated carbocycles. The van der Waals surface area contributed by atoms with Crippen molar-refractivity contribution < 1.29 is 9.84 Å². The molecule has 3 atom stereocenters. The highest BCUT2D eigenvalue weighted by Gasteiger charge is 2.22. The number of hydrogen-bond donors (Lipinski definition) is 2. The minimum atomic E-state index is -0.390. The lowest BCUT2D eigenvalue weighted by molar-refractivity contribution is 0.0233. The van der Waals surface area contributed by atoms with Gasteiger partial charge in [0, 0.05) is 25.2 Å². The lowest BCUT2D eigenvalue weighted by Gasteiger charge is -2.35. The van der Waals surface area contributed by atoms with Gasteiger partial charge in [-0.05, 0) is 39.3 Å². The van der Waals surface area contributed by atoms with E-state index in [1.807, 2.05) is 0 Å². The van der Waals surface area contributed by atoms with E-state index < -0.39 is 6.10 Å². The molecule has 0 aliphatic carbocycles. The van der Waals surface area contributed by atoms with Crippen LogP contribution in [-0.2, 0) is 4.74 Å². The number of rotatable bonds is 7. The van der Waals surface area contributed by atoms with Crippen LogP contribution < -0.4 is 5.32 Å². The third-order valence-corrected chi connectivity index (χ3v) is 3.61. The van der Waals surface area contributed by atoms with Crippen molar-refractivity contribution in [1.82, 2.24) is 10.2 Å². The van der Waals surface area contributed by atoms with Crippen LogP contribution in [0.3, 0.4) is 0 Å². The van der Waals surface area contributed by atoms with Gasteiger partial charge in [-0.1, -0.05) is 13.8 Å². The van der Waals surface area contributed by atoms with E-state index in [4.69, 9.17) is 4.74 Å². The fraction of sp³-hybridized carbons (Fsp3) is 1.00. The molecule has 0 radical (unpaired) electrons. The number of aliphatic hydroxyl groups excluding tert-OH is 1. The molecule has 0 aromatic heterocycles. The molecule has 1 fully saturated rings. The van der Waals surface area contributed by atoms with E-state index in [9.17, 15) is 5.11 Å². The van der Waals surface area contributed by atoms with Gasteiger partial charge in [-0.15, -0.1) is 0 Å². The van der Waals surface area contributed by atoms with Gasteiger partial charge in [-0.3, -0.25) is 0 Å². The van der Waals surface area contributed by atoms with Crippen molar-refractivity contribution in [3.63, 3.8) is 0 Å². The molecule has 18 heavy (non-hydrogen) atoms. The molecule has 3 unspecified atom stereocenters. The third kappa shape index (κ3) is 6.14. The summed E-state index contributed by atoms with van der Waals surface area (Å²) in [5.41, 5.74) is 0. The van der Waals surface area contributed by atoms with Crippen LogP contribution in [0.1, 0.15) is 33.6 Å². The molecular formula is C14H30N2O2. The van der Waals surface area contributed by atoms with E-state index in [1.54, 1.807) is 0 Å². The Kier molecular flexibility index (Phi) is 7.15. The Hall–Kier alpha value is -0.160. The maximum Gasteiger partial charge on any atom is 0.0897 e. The summed E-state index contributed by atoms with van der Waals surface area (Å²) in [4.78, 5) is 2.39. The second-order valence-corrected chi connectivity index (χ2v) is 6.04. The molecule has 0 spiro atoms. The van der Waals surface area contributed by atoms with Gasteiger partial charge in [0.25, 0.3) is 0 Å². The topological polar surface area (TPSA) is 44.7 Å². The van der Waals surface area contributed by atoms with E-state index in [1.165, 1.54) is 6.42 Å². The highest BCUT2D eigenvalue weighted by atomic mass is 16.5. The molecule has 2 N–H and O–H groups in total. The van der Waals surface area contributed by atoms with E-state index >= 15 is 0 Å². The van der Waals surface area contributed by atoms with Gasteiger partial charge in [-0.25, -0.2) is 0 Å². The van der Waals surface area contributed by atoms with Gasteiger partial charge < -0.3 is 20.1 Å². The standard InChI is InChI=1S/C14H30N2O2/c1-11(2)9-18-10-14(17)8-15-13-5-6-16(4)12(3)7-13/h11-15,17H,5-10H2,1-4H3. The van der Waals surface area contributed by atoms with Gasteiger partial charge in [0.1, 0.15) is 0 Å². The molecule has 4 heteroatoms. The Labute approximate surface area is 112 Å². The first-order valence-corrected chi connectivity index (χ1v) is 7.18. The monoisotopic (exact) mass is 258 g/mol. The number of nitrogens with one attached hydrogen (secondary N) is 1. The van der Waals surface area contributed by atoms with Crippen LogP contribution in [0, 0.1) is 5.92 Å². The van der Waals surface area contributed by atoms with E-state index in [-0.39, 0.29) is 0 Å². The van der Waals surface area contributed by atoms with Gasteiger partial charge in [0.2, 0.25) is 0 Å². The Morgan fingerprint density at radius 2 is 2.11 bits per heavy atom. The first-order chi connectivity index (χ1) is 8.49. The summed E-state index contributed by atoms with van der Waals surface area (Å²) in [5, 5.41) is 13.3. The highest BCUT2D eigenvalue weighted by Crippen LogP contribution is 2.15. The van der Waals surface area contributed by atoms with Crippen LogP contribution in [-0.4, -0.2) is 61.5 Å². The zero-order chi connectivity index (χ0) is 13.5. The predicted octanol–water partition coefficient (Wildman–Crippen LogP) is 1.09. The number of aliphatic hydroxyl groups is 1. The number of ether oxygens (including phenoxy) is 1. The first kappa shape index (κ1) is 15.9. The summed E-state index contributed by atoms with van der Waals surface area (Å²) in [6, 6.07) is 1.17. The normalized spacial score (nSPS) is 27.7.